The average molecular weight is 343 g/mol. The summed E-state index contributed by atoms with van der Waals surface area (Å²) in [4.78, 5) is 11.4. The minimum absolute atomic E-state index is 0.227. The first-order valence-corrected chi connectivity index (χ1v) is 9.31. The molecule has 0 fully saturated rings. The summed E-state index contributed by atoms with van der Waals surface area (Å²) in [6.07, 6.45) is 29.4. The van der Waals surface area contributed by atoms with Gasteiger partial charge in [0.2, 0.25) is 0 Å². The van der Waals surface area contributed by atoms with E-state index in [1.165, 1.54) is 0 Å². The minimum Gasteiger partial charge on any atom is -0.463 e. The summed E-state index contributed by atoms with van der Waals surface area (Å²) in [6.45, 7) is 6.17. The van der Waals surface area contributed by atoms with Gasteiger partial charge in [0.1, 0.15) is 0 Å². The van der Waals surface area contributed by atoms with Gasteiger partial charge >= 0.3 is 5.97 Å². The van der Waals surface area contributed by atoms with Crippen molar-refractivity contribution >= 4 is 5.97 Å². The quantitative estimate of drug-likeness (QED) is 0.213. The van der Waals surface area contributed by atoms with Gasteiger partial charge in [-0.2, -0.15) is 0 Å². The third-order valence-corrected chi connectivity index (χ3v) is 3.32. The molecule has 138 valence electrons. The molecule has 2 nitrogen and oxygen atoms in total. The molecule has 0 aliphatic carbocycles. The van der Waals surface area contributed by atoms with Crippen molar-refractivity contribution in [1.82, 2.24) is 0 Å². The molecule has 0 aromatic heterocycles. The summed E-state index contributed by atoms with van der Waals surface area (Å²) in [5.41, 5.74) is 0.669. The van der Waals surface area contributed by atoms with Crippen LogP contribution >= 0.6 is 0 Å². The molecular formula is C23H34O2. The summed E-state index contributed by atoms with van der Waals surface area (Å²) < 4.78 is 4.93. The molecule has 0 aliphatic heterocycles. The van der Waals surface area contributed by atoms with Crippen LogP contribution in [0.1, 0.15) is 59.3 Å². The predicted octanol–water partition coefficient (Wildman–Crippen LogP) is 6.64. The van der Waals surface area contributed by atoms with E-state index >= 15 is 0 Å². The smallest absolute Gasteiger partial charge is 0.333 e. The van der Waals surface area contributed by atoms with Gasteiger partial charge in [-0.3, -0.25) is 0 Å². The van der Waals surface area contributed by atoms with Crippen molar-refractivity contribution in [2.45, 2.75) is 59.3 Å². The molecule has 0 rings (SSSR count). The Hall–Kier alpha value is -2.09. The van der Waals surface area contributed by atoms with Crippen molar-refractivity contribution in [3.05, 3.63) is 72.4 Å². The maximum Gasteiger partial charge on any atom is 0.333 e. The largest absolute Gasteiger partial charge is 0.463 e. The molecule has 0 spiro atoms. The number of hydrogen-bond acceptors (Lipinski definition) is 2. The normalized spacial score (nSPS) is 13.3. The lowest BCUT2D eigenvalue weighted by Gasteiger charge is -1.99. The number of rotatable bonds is 13. The summed E-state index contributed by atoms with van der Waals surface area (Å²) in [7, 11) is 0. The second-order valence-corrected chi connectivity index (χ2v) is 5.55. The van der Waals surface area contributed by atoms with Crippen LogP contribution in [-0.2, 0) is 9.53 Å². The second-order valence-electron chi connectivity index (χ2n) is 5.55. The SMILES string of the molecule is CC/C=C/C/C=C/C/C=C/C/C=C/C/C=C/C/C=C(\C)C(=O)OCC. The van der Waals surface area contributed by atoms with Crippen molar-refractivity contribution in [3.8, 4) is 0 Å². The molecule has 0 unspecified atom stereocenters. The zero-order valence-electron chi connectivity index (χ0n) is 16.1. The Kier molecular flexibility index (Phi) is 16.7. The number of allylic oxidation sites excluding steroid dienone is 11. The summed E-state index contributed by atoms with van der Waals surface area (Å²) in [6, 6.07) is 0. The van der Waals surface area contributed by atoms with Gasteiger partial charge in [-0.25, -0.2) is 4.79 Å². The van der Waals surface area contributed by atoms with Gasteiger partial charge in [0.25, 0.3) is 0 Å². The molecule has 0 aromatic carbocycles. The zero-order chi connectivity index (χ0) is 18.6. The van der Waals surface area contributed by atoms with E-state index < -0.39 is 0 Å². The van der Waals surface area contributed by atoms with Crippen LogP contribution in [0.15, 0.2) is 72.4 Å². The van der Waals surface area contributed by atoms with Gasteiger partial charge in [-0.15, -0.1) is 0 Å². The van der Waals surface area contributed by atoms with Crippen molar-refractivity contribution in [2.75, 3.05) is 6.61 Å². The van der Waals surface area contributed by atoms with Crippen LogP contribution in [0, 0.1) is 0 Å². The van der Waals surface area contributed by atoms with Gasteiger partial charge < -0.3 is 4.74 Å². The molecule has 0 amide bonds. The van der Waals surface area contributed by atoms with Gasteiger partial charge in [0.15, 0.2) is 0 Å². The van der Waals surface area contributed by atoms with E-state index in [1.54, 1.807) is 6.92 Å². The van der Waals surface area contributed by atoms with Crippen molar-refractivity contribution < 1.29 is 9.53 Å². The van der Waals surface area contributed by atoms with Crippen LogP contribution < -0.4 is 0 Å². The molecule has 0 saturated carbocycles. The highest BCUT2D eigenvalue weighted by Gasteiger charge is 2.01. The summed E-state index contributed by atoms with van der Waals surface area (Å²) in [5, 5.41) is 0. The van der Waals surface area contributed by atoms with Crippen molar-refractivity contribution in [3.63, 3.8) is 0 Å². The number of carbonyl (C=O) groups excluding carboxylic acids is 1. The second kappa shape index (κ2) is 18.3. The maximum atomic E-state index is 11.4. The van der Waals surface area contributed by atoms with Gasteiger partial charge in [0, 0.05) is 5.57 Å². The van der Waals surface area contributed by atoms with E-state index in [-0.39, 0.29) is 5.97 Å². The first kappa shape index (κ1) is 22.9. The van der Waals surface area contributed by atoms with Crippen LogP contribution in [-0.4, -0.2) is 12.6 Å². The maximum absolute atomic E-state index is 11.4. The van der Waals surface area contributed by atoms with E-state index in [9.17, 15) is 4.79 Å². The fourth-order valence-electron chi connectivity index (χ4n) is 1.92. The Bertz CT molecular complexity index is 502. The van der Waals surface area contributed by atoms with E-state index in [1.807, 2.05) is 13.0 Å². The third kappa shape index (κ3) is 16.5. The Labute approximate surface area is 154 Å². The highest BCUT2D eigenvalue weighted by molar-refractivity contribution is 5.87. The molecule has 0 radical (unpaired) electrons. The highest BCUT2D eigenvalue weighted by atomic mass is 16.5. The van der Waals surface area contributed by atoms with Gasteiger partial charge in [0.05, 0.1) is 6.61 Å². The van der Waals surface area contributed by atoms with E-state index in [4.69, 9.17) is 4.74 Å². The number of esters is 1. The van der Waals surface area contributed by atoms with Crippen LogP contribution in [0.4, 0.5) is 0 Å². The number of hydrogen-bond donors (Lipinski definition) is 0. The van der Waals surface area contributed by atoms with Crippen LogP contribution in [0.2, 0.25) is 0 Å². The van der Waals surface area contributed by atoms with Crippen molar-refractivity contribution in [1.29, 1.82) is 0 Å². The van der Waals surface area contributed by atoms with Crippen LogP contribution in [0.25, 0.3) is 0 Å². The average Bonchev–Trinajstić information content (AvgIpc) is 2.61. The first-order valence-electron chi connectivity index (χ1n) is 9.31. The summed E-state index contributed by atoms with van der Waals surface area (Å²) in [5.74, 6) is -0.227. The number of carbonyl (C=O) groups is 1. The molecule has 0 atom stereocenters. The van der Waals surface area contributed by atoms with Crippen LogP contribution in [0.3, 0.4) is 0 Å². The van der Waals surface area contributed by atoms with Gasteiger partial charge in [-0.05, 0) is 52.4 Å². The number of ether oxygens (including phenoxy) is 1. The Morgan fingerprint density at radius 2 is 1.08 bits per heavy atom. The predicted molar refractivity (Wildman–Crippen MR) is 109 cm³/mol. The fourth-order valence-corrected chi connectivity index (χ4v) is 1.92. The monoisotopic (exact) mass is 342 g/mol. The minimum atomic E-state index is -0.227. The van der Waals surface area contributed by atoms with Crippen molar-refractivity contribution in [2.24, 2.45) is 0 Å². The molecule has 0 saturated heterocycles. The van der Waals surface area contributed by atoms with E-state index in [0.29, 0.717) is 12.2 Å². The molecule has 2 heteroatoms. The molecule has 0 N–H and O–H groups in total. The summed E-state index contributed by atoms with van der Waals surface area (Å²) >= 11 is 0. The zero-order valence-corrected chi connectivity index (χ0v) is 16.1. The van der Waals surface area contributed by atoms with E-state index in [0.717, 1.165) is 38.5 Å². The Morgan fingerprint density at radius 1 is 0.680 bits per heavy atom. The topological polar surface area (TPSA) is 26.3 Å². The van der Waals surface area contributed by atoms with Gasteiger partial charge in [-0.1, -0.05) is 73.8 Å². The third-order valence-electron chi connectivity index (χ3n) is 3.32. The fraction of sp³-hybridized carbons (Fsp3) is 0.435. The molecule has 0 aliphatic rings. The molecule has 0 bridgehead atoms. The standard InChI is InChI=1S/C23H34O2/c1-4-6-7-8-9-10-11-12-13-14-15-16-17-18-19-20-21-22(3)23(24)25-5-2/h6-7,9-10,12-13,15-16,18-19,21H,4-5,8,11,14,17,20H2,1-3H3/b7-6+,10-9+,13-12+,16-15+,19-18+,22-21+. The molecular weight excluding hydrogens is 308 g/mol. The Balaban J connectivity index is 3.72. The highest BCUT2D eigenvalue weighted by Crippen LogP contribution is 2.01. The Morgan fingerprint density at radius 3 is 1.48 bits per heavy atom. The lowest BCUT2D eigenvalue weighted by atomic mass is 10.2. The van der Waals surface area contributed by atoms with E-state index in [2.05, 4.69) is 67.7 Å². The lowest BCUT2D eigenvalue weighted by Crippen LogP contribution is -2.04. The molecule has 0 aromatic rings. The molecule has 0 heterocycles. The lowest BCUT2D eigenvalue weighted by molar-refractivity contribution is -0.138. The first-order chi connectivity index (χ1) is 12.2. The molecule has 25 heavy (non-hydrogen) atoms. The van der Waals surface area contributed by atoms with Crippen LogP contribution in [0.5, 0.6) is 0 Å².